The van der Waals surface area contributed by atoms with Crippen molar-refractivity contribution in [2.24, 2.45) is 0 Å². The van der Waals surface area contributed by atoms with Crippen LogP contribution in [0.2, 0.25) is 0 Å². The van der Waals surface area contributed by atoms with E-state index < -0.39 is 10.0 Å². The lowest BCUT2D eigenvalue weighted by atomic mass is 10.0. The smallest absolute Gasteiger partial charge is 0.233 e. The molecule has 3 rings (SSSR count). The van der Waals surface area contributed by atoms with Crippen LogP contribution in [0.1, 0.15) is 17.5 Å². The Morgan fingerprint density at radius 2 is 1.91 bits per heavy atom. The molecule has 2 aromatic carbocycles. The monoisotopic (exact) mass is 330 g/mol. The molecule has 1 heterocycles. The first kappa shape index (κ1) is 15.9. The van der Waals surface area contributed by atoms with E-state index in [-0.39, 0.29) is 5.75 Å². The Morgan fingerprint density at radius 3 is 2.70 bits per heavy atom. The summed E-state index contributed by atoms with van der Waals surface area (Å²) in [5, 5.41) is 0. The van der Waals surface area contributed by atoms with Crippen molar-refractivity contribution in [2.45, 2.75) is 19.3 Å². The second kappa shape index (κ2) is 6.62. The Balaban J connectivity index is 1.69. The number of anilines is 2. The average Bonchev–Trinajstić information content (AvgIpc) is 2.55. The molecule has 1 aliphatic rings. The van der Waals surface area contributed by atoms with Gasteiger partial charge in [-0.3, -0.25) is 4.72 Å². The van der Waals surface area contributed by atoms with Crippen LogP contribution in [-0.4, -0.2) is 27.8 Å². The first-order valence-corrected chi connectivity index (χ1v) is 9.57. The minimum Gasteiger partial charge on any atom is -0.374 e. The molecular formula is C18H22N2O2S. The van der Waals surface area contributed by atoms with Gasteiger partial charge in [0.1, 0.15) is 0 Å². The molecule has 0 fully saturated rings. The second-order valence-corrected chi connectivity index (χ2v) is 7.87. The normalized spacial score (nSPS) is 14.4. The van der Waals surface area contributed by atoms with Crippen molar-refractivity contribution in [1.82, 2.24) is 0 Å². The van der Waals surface area contributed by atoms with Crippen molar-refractivity contribution in [3.8, 4) is 0 Å². The zero-order valence-corrected chi connectivity index (χ0v) is 14.1. The van der Waals surface area contributed by atoms with Crippen molar-refractivity contribution in [2.75, 3.05) is 29.0 Å². The van der Waals surface area contributed by atoms with Gasteiger partial charge in [-0.2, -0.15) is 0 Å². The van der Waals surface area contributed by atoms with E-state index in [1.54, 1.807) is 0 Å². The Bertz CT molecular complexity index is 773. The summed E-state index contributed by atoms with van der Waals surface area (Å²) in [6, 6.07) is 15.5. The summed E-state index contributed by atoms with van der Waals surface area (Å²) >= 11 is 0. The maximum Gasteiger partial charge on any atom is 0.233 e. The van der Waals surface area contributed by atoms with Crippen molar-refractivity contribution < 1.29 is 8.42 Å². The molecule has 0 aliphatic carbocycles. The number of aryl methyl sites for hydroxylation is 2. The summed E-state index contributed by atoms with van der Waals surface area (Å²) in [5.41, 5.74) is 4.08. The Morgan fingerprint density at radius 1 is 1.13 bits per heavy atom. The molecule has 0 aromatic heterocycles. The molecule has 0 spiro atoms. The van der Waals surface area contributed by atoms with E-state index in [0.717, 1.165) is 30.6 Å². The van der Waals surface area contributed by atoms with Crippen molar-refractivity contribution in [1.29, 1.82) is 0 Å². The zero-order chi connectivity index (χ0) is 16.3. The van der Waals surface area contributed by atoms with E-state index in [2.05, 4.69) is 9.62 Å². The molecule has 0 saturated heterocycles. The van der Waals surface area contributed by atoms with Gasteiger partial charge < -0.3 is 4.90 Å². The molecule has 4 nitrogen and oxygen atoms in total. The number of nitrogens with zero attached hydrogens (tertiary/aromatic N) is 1. The second-order valence-electron chi connectivity index (χ2n) is 6.03. The van der Waals surface area contributed by atoms with Crippen LogP contribution >= 0.6 is 0 Å². The minimum absolute atomic E-state index is 0.0872. The molecule has 1 N–H and O–H groups in total. The van der Waals surface area contributed by atoms with Gasteiger partial charge in [-0.1, -0.05) is 36.4 Å². The molecule has 23 heavy (non-hydrogen) atoms. The van der Waals surface area contributed by atoms with E-state index in [1.807, 2.05) is 55.6 Å². The third-order valence-corrected chi connectivity index (χ3v) is 5.50. The van der Waals surface area contributed by atoms with Crippen LogP contribution in [0.5, 0.6) is 0 Å². The van der Waals surface area contributed by atoms with Crippen LogP contribution in [0.4, 0.5) is 11.4 Å². The van der Waals surface area contributed by atoms with Crippen LogP contribution in [0.25, 0.3) is 0 Å². The predicted molar refractivity (Wildman–Crippen MR) is 95.6 cm³/mol. The summed E-state index contributed by atoms with van der Waals surface area (Å²) in [7, 11) is -1.30. The fourth-order valence-corrected chi connectivity index (χ4v) is 4.04. The summed E-state index contributed by atoms with van der Waals surface area (Å²) in [5.74, 6) is 0.0872. The number of rotatable bonds is 5. The quantitative estimate of drug-likeness (QED) is 0.917. The summed E-state index contributed by atoms with van der Waals surface area (Å²) in [6.45, 7) is 1.01. The number of hydrogen-bond acceptors (Lipinski definition) is 3. The summed E-state index contributed by atoms with van der Waals surface area (Å²) in [4.78, 5) is 2.18. The van der Waals surface area contributed by atoms with Gasteiger partial charge in [0.15, 0.2) is 0 Å². The van der Waals surface area contributed by atoms with Gasteiger partial charge >= 0.3 is 0 Å². The average molecular weight is 330 g/mol. The highest BCUT2D eigenvalue weighted by Crippen LogP contribution is 2.29. The van der Waals surface area contributed by atoms with Crippen LogP contribution < -0.4 is 9.62 Å². The van der Waals surface area contributed by atoms with Gasteiger partial charge in [0.25, 0.3) is 0 Å². The summed E-state index contributed by atoms with van der Waals surface area (Å²) < 4.78 is 27.3. The van der Waals surface area contributed by atoms with E-state index >= 15 is 0 Å². The maximum absolute atomic E-state index is 12.3. The highest BCUT2D eigenvalue weighted by atomic mass is 32.2. The molecule has 5 heteroatoms. The molecule has 0 amide bonds. The maximum atomic E-state index is 12.3. The molecule has 0 atom stereocenters. The van der Waals surface area contributed by atoms with Gasteiger partial charge in [0.2, 0.25) is 10.0 Å². The SMILES string of the molecule is CN1CCCc2ccc(NS(=O)(=O)CCc3ccccc3)cc21. The molecule has 122 valence electrons. The number of nitrogens with one attached hydrogen (secondary N) is 1. The molecule has 0 bridgehead atoms. The fraction of sp³-hybridized carbons (Fsp3) is 0.333. The van der Waals surface area contributed by atoms with Crippen LogP contribution in [0.3, 0.4) is 0 Å². The Labute approximate surface area is 138 Å². The molecule has 0 unspecified atom stereocenters. The Kier molecular flexibility index (Phi) is 4.57. The first-order chi connectivity index (χ1) is 11.0. The van der Waals surface area contributed by atoms with Gasteiger partial charge in [0, 0.05) is 19.3 Å². The third-order valence-electron chi connectivity index (χ3n) is 4.21. The van der Waals surface area contributed by atoms with Crippen molar-refractivity contribution >= 4 is 21.4 Å². The van der Waals surface area contributed by atoms with Gasteiger partial charge in [-0.15, -0.1) is 0 Å². The number of hydrogen-bond donors (Lipinski definition) is 1. The standard InChI is InChI=1S/C18H22N2O2S/c1-20-12-5-8-16-9-10-17(14-18(16)20)19-23(21,22)13-11-15-6-3-2-4-7-15/h2-4,6-7,9-10,14,19H,5,8,11-13H2,1H3. The van der Waals surface area contributed by atoms with E-state index in [4.69, 9.17) is 0 Å². The lowest BCUT2D eigenvalue weighted by Crippen LogP contribution is -2.25. The van der Waals surface area contributed by atoms with Crippen LogP contribution in [0, 0.1) is 0 Å². The molecule has 2 aromatic rings. The highest BCUT2D eigenvalue weighted by molar-refractivity contribution is 7.92. The first-order valence-electron chi connectivity index (χ1n) is 7.92. The fourth-order valence-electron chi connectivity index (χ4n) is 2.95. The van der Waals surface area contributed by atoms with Crippen molar-refractivity contribution in [3.63, 3.8) is 0 Å². The van der Waals surface area contributed by atoms with E-state index in [1.165, 1.54) is 5.56 Å². The van der Waals surface area contributed by atoms with Crippen molar-refractivity contribution in [3.05, 3.63) is 59.7 Å². The highest BCUT2D eigenvalue weighted by Gasteiger charge is 2.16. The number of benzene rings is 2. The minimum atomic E-state index is -3.35. The van der Waals surface area contributed by atoms with Crippen LogP contribution in [-0.2, 0) is 22.9 Å². The number of sulfonamides is 1. The predicted octanol–water partition coefficient (Wildman–Crippen LogP) is 3.05. The topological polar surface area (TPSA) is 49.4 Å². The Hall–Kier alpha value is -2.01. The van der Waals surface area contributed by atoms with Crippen LogP contribution in [0.15, 0.2) is 48.5 Å². The van der Waals surface area contributed by atoms with E-state index in [9.17, 15) is 8.42 Å². The third kappa shape index (κ3) is 4.05. The van der Waals surface area contributed by atoms with Gasteiger partial charge in [0.05, 0.1) is 11.4 Å². The molecule has 0 saturated carbocycles. The van der Waals surface area contributed by atoms with E-state index in [0.29, 0.717) is 12.1 Å². The lowest BCUT2D eigenvalue weighted by molar-refractivity contribution is 0.600. The summed E-state index contributed by atoms with van der Waals surface area (Å²) in [6.07, 6.45) is 2.72. The largest absolute Gasteiger partial charge is 0.374 e. The van der Waals surface area contributed by atoms with Gasteiger partial charge in [-0.05, 0) is 42.5 Å². The molecular weight excluding hydrogens is 308 g/mol. The molecule has 0 radical (unpaired) electrons. The zero-order valence-electron chi connectivity index (χ0n) is 13.3. The molecule has 1 aliphatic heterocycles. The number of fused-ring (bicyclic) bond motifs is 1. The lowest BCUT2D eigenvalue weighted by Gasteiger charge is -2.28. The van der Waals surface area contributed by atoms with Gasteiger partial charge in [-0.25, -0.2) is 8.42 Å².